The Balaban J connectivity index is 1.51. The Hall–Kier alpha value is -3.38. The molecule has 202 valence electrons. The molecule has 37 heavy (non-hydrogen) atoms. The van der Waals surface area contributed by atoms with Gasteiger partial charge in [-0.1, -0.05) is 5.21 Å². The van der Waals surface area contributed by atoms with E-state index in [1.165, 1.54) is 4.68 Å². The first kappa shape index (κ1) is 26.7. The monoisotopic (exact) mass is 525 g/mol. The molecule has 2 atom stereocenters. The molecule has 10 nitrogen and oxygen atoms in total. The molecule has 13 heteroatoms. The number of carbonyl (C=O) groups is 2. The van der Waals surface area contributed by atoms with Crippen LogP contribution in [0.4, 0.5) is 18.0 Å². The first-order chi connectivity index (χ1) is 17.4. The number of carbonyl (C=O) groups excluding carboxylic acids is 1. The van der Waals surface area contributed by atoms with Crippen LogP contribution in [0.15, 0.2) is 12.1 Å². The Morgan fingerprint density at radius 3 is 2.65 bits per heavy atom. The quantitative estimate of drug-likeness (QED) is 0.542. The van der Waals surface area contributed by atoms with Crippen molar-refractivity contribution in [2.24, 2.45) is 12.5 Å². The number of nitrogens with zero attached hydrogens (tertiary/aromatic N) is 5. The van der Waals surface area contributed by atoms with Crippen molar-refractivity contribution in [3.05, 3.63) is 23.5 Å². The number of carboxylic acid groups (broad SMARTS) is 1. The van der Waals surface area contributed by atoms with Gasteiger partial charge in [0.05, 0.1) is 22.9 Å². The summed E-state index contributed by atoms with van der Waals surface area (Å²) in [6.45, 7) is -0.0194. The van der Waals surface area contributed by atoms with Crippen LogP contribution >= 0.6 is 0 Å². The average Bonchev–Trinajstić information content (AvgIpc) is 3.59. The minimum absolute atomic E-state index is 0.207. The number of pyridine rings is 1. The van der Waals surface area contributed by atoms with E-state index >= 15 is 0 Å². The summed E-state index contributed by atoms with van der Waals surface area (Å²) in [6, 6.07) is 3.48. The lowest BCUT2D eigenvalue weighted by molar-refractivity contribution is -0.151. The van der Waals surface area contributed by atoms with Crippen LogP contribution < -0.4 is 4.74 Å². The maximum atomic E-state index is 12.6. The summed E-state index contributed by atoms with van der Waals surface area (Å²) in [5.41, 5.74) is 1.12. The molecule has 0 bridgehead atoms. The third-order valence-electron chi connectivity index (χ3n) is 6.84. The van der Waals surface area contributed by atoms with E-state index in [9.17, 15) is 27.9 Å². The molecule has 2 aromatic heterocycles. The SMILES string of the molecule is CN(CC(F)(F)F)C(=O)OCc1c(-c2ccc(O[C@H]3CCC[C@](C)(C(=O)O)C3)c(C3CC3)n2)nnn1C. The first-order valence-electron chi connectivity index (χ1n) is 12.1. The summed E-state index contributed by atoms with van der Waals surface area (Å²) in [5, 5.41) is 17.7. The summed E-state index contributed by atoms with van der Waals surface area (Å²) in [7, 11) is 2.59. The van der Waals surface area contributed by atoms with Crippen molar-refractivity contribution in [3.63, 3.8) is 0 Å². The molecule has 0 unspecified atom stereocenters. The predicted molar refractivity (Wildman–Crippen MR) is 124 cm³/mol. The van der Waals surface area contributed by atoms with Crippen LogP contribution in [0.3, 0.4) is 0 Å². The molecular weight excluding hydrogens is 495 g/mol. The van der Waals surface area contributed by atoms with Crippen molar-refractivity contribution < 1.29 is 37.3 Å². The van der Waals surface area contributed by atoms with E-state index in [0.29, 0.717) is 40.6 Å². The second kappa shape index (κ2) is 10.2. The van der Waals surface area contributed by atoms with Crippen molar-refractivity contribution in [2.45, 2.75) is 70.3 Å². The van der Waals surface area contributed by atoms with Gasteiger partial charge < -0.3 is 19.5 Å². The maximum Gasteiger partial charge on any atom is 0.410 e. The van der Waals surface area contributed by atoms with Crippen molar-refractivity contribution in [1.29, 1.82) is 0 Å². The highest BCUT2D eigenvalue weighted by molar-refractivity contribution is 5.74. The lowest BCUT2D eigenvalue weighted by atomic mass is 9.74. The lowest BCUT2D eigenvalue weighted by Gasteiger charge is -2.35. The van der Waals surface area contributed by atoms with E-state index in [1.807, 2.05) is 0 Å². The molecule has 4 rings (SSSR count). The van der Waals surface area contributed by atoms with E-state index in [0.717, 1.165) is 38.4 Å². The molecule has 0 aromatic carbocycles. The van der Waals surface area contributed by atoms with Crippen molar-refractivity contribution in [3.8, 4) is 17.1 Å². The minimum atomic E-state index is -4.54. The van der Waals surface area contributed by atoms with Gasteiger partial charge >= 0.3 is 18.2 Å². The highest BCUT2D eigenvalue weighted by Crippen LogP contribution is 2.45. The van der Waals surface area contributed by atoms with Gasteiger partial charge in [-0.25, -0.2) is 14.5 Å². The van der Waals surface area contributed by atoms with Gasteiger partial charge in [-0.3, -0.25) is 4.79 Å². The van der Waals surface area contributed by atoms with Crippen LogP contribution in [0.2, 0.25) is 0 Å². The number of alkyl halides is 3. The number of ether oxygens (including phenoxy) is 2. The van der Waals surface area contributed by atoms with Crippen LogP contribution in [0.5, 0.6) is 5.75 Å². The zero-order valence-corrected chi connectivity index (χ0v) is 20.9. The van der Waals surface area contributed by atoms with Crippen LogP contribution in [-0.4, -0.2) is 67.9 Å². The second-order valence-electron chi connectivity index (χ2n) is 10.1. The van der Waals surface area contributed by atoms with Crippen LogP contribution in [0, 0.1) is 5.41 Å². The maximum absolute atomic E-state index is 12.6. The molecule has 1 amide bonds. The van der Waals surface area contributed by atoms with E-state index in [4.69, 9.17) is 14.5 Å². The van der Waals surface area contributed by atoms with E-state index in [-0.39, 0.29) is 18.6 Å². The Morgan fingerprint density at radius 1 is 1.27 bits per heavy atom. The molecule has 2 heterocycles. The fraction of sp³-hybridized carbons (Fsp3) is 0.625. The number of aliphatic carboxylic acids is 1. The summed E-state index contributed by atoms with van der Waals surface area (Å²) >= 11 is 0. The zero-order valence-electron chi connectivity index (χ0n) is 20.9. The van der Waals surface area contributed by atoms with E-state index < -0.39 is 30.2 Å². The molecule has 2 aliphatic carbocycles. The number of hydrogen-bond donors (Lipinski definition) is 1. The molecule has 0 radical (unpaired) electrons. The zero-order chi connectivity index (χ0) is 27.0. The lowest BCUT2D eigenvalue weighted by Crippen LogP contribution is -2.38. The van der Waals surface area contributed by atoms with Gasteiger partial charge in [-0.05, 0) is 51.2 Å². The summed E-state index contributed by atoms with van der Waals surface area (Å²) < 4.78 is 50.4. The Morgan fingerprint density at radius 2 is 2.00 bits per heavy atom. The summed E-state index contributed by atoms with van der Waals surface area (Å²) in [4.78, 5) is 29.0. The topological polar surface area (TPSA) is 120 Å². The van der Waals surface area contributed by atoms with E-state index in [2.05, 4.69) is 10.3 Å². The van der Waals surface area contributed by atoms with Crippen molar-refractivity contribution in [1.82, 2.24) is 24.9 Å². The highest BCUT2D eigenvalue weighted by Gasteiger charge is 2.40. The number of carboxylic acids is 1. The van der Waals surface area contributed by atoms with E-state index in [1.54, 1.807) is 26.1 Å². The standard InChI is InChI=1S/C24H30F3N5O5/c1-23(21(33)34)10-4-5-15(11-23)37-18-9-8-16(28-19(18)14-6-7-14)20-17(32(3)30-29-20)12-36-22(35)31(2)13-24(25,26)27/h8-9,14-15H,4-7,10-13H2,1-3H3,(H,33,34)/t15-,23-/m0/s1. The molecule has 0 aliphatic heterocycles. The number of hydrogen-bond acceptors (Lipinski definition) is 7. The van der Waals surface area contributed by atoms with Gasteiger partial charge in [0.15, 0.2) is 0 Å². The van der Waals surface area contributed by atoms with Crippen molar-refractivity contribution in [2.75, 3.05) is 13.6 Å². The molecule has 1 N–H and O–H groups in total. The smallest absolute Gasteiger partial charge is 0.410 e. The van der Waals surface area contributed by atoms with Crippen LogP contribution in [0.1, 0.15) is 62.8 Å². The summed E-state index contributed by atoms with van der Waals surface area (Å²) in [6.07, 6.45) is -1.46. The molecule has 2 fully saturated rings. The number of aryl methyl sites for hydroxylation is 1. The number of amides is 1. The van der Waals surface area contributed by atoms with Gasteiger partial charge in [0, 0.05) is 26.4 Å². The fourth-order valence-electron chi connectivity index (χ4n) is 4.56. The molecule has 2 saturated carbocycles. The first-order valence-corrected chi connectivity index (χ1v) is 12.1. The fourth-order valence-corrected chi connectivity index (χ4v) is 4.56. The number of aromatic nitrogens is 4. The van der Waals surface area contributed by atoms with Crippen LogP contribution in [0.25, 0.3) is 11.4 Å². The van der Waals surface area contributed by atoms with Gasteiger partial charge in [0.1, 0.15) is 30.3 Å². The Labute approximate surface area is 211 Å². The normalized spacial score (nSPS) is 21.9. The van der Waals surface area contributed by atoms with Crippen LogP contribution in [-0.2, 0) is 23.2 Å². The minimum Gasteiger partial charge on any atom is -0.488 e. The van der Waals surface area contributed by atoms with Crippen molar-refractivity contribution >= 4 is 12.1 Å². The third kappa shape index (κ3) is 6.31. The number of halogens is 3. The van der Waals surface area contributed by atoms with Gasteiger partial charge in [-0.15, -0.1) is 5.10 Å². The Kier molecular flexibility index (Phi) is 7.33. The molecule has 0 spiro atoms. The molecule has 2 aromatic rings. The highest BCUT2D eigenvalue weighted by atomic mass is 19.4. The average molecular weight is 526 g/mol. The largest absolute Gasteiger partial charge is 0.488 e. The molecular formula is C24H30F3N5O5. The molecule has 0 saturated heterocycles. The Bertz CT molecular complexity index is 1170. The number of rotatable bonds is 8. The second-order valence-corrected chi connectivity index (χ2v) is 10.1. The predicted octanol–water partition coefficient (Wildman–Crippen LogP) is 4.30. The molecule has 2 aliphatic rings. The van der Waals surface area contributed by atoms with Gasteiger partial charge in [0.25, 0.3) is 0 Å². The summed E-state index contributed by atoms with van der Waals surface area (Å²) in [5.74, 6) is -0.00734. The van der Waals surface area contributed by atoms with Gasteiger partial charge in [-0.2, -0.15) is 13.2 Å². The third-order valence-corrected chi connectivity index (χ3v) is 6.84. The van der Waals surface area contributed by atoms with Gasteiger partial charge in [0.2, 0.25) is 0 Å².